The molecule has 0 saturated carbocycles. The van der Waals surface area contributed by atoms with Crippen LogP contribution in [-0.4, -0.2) is 25.7 Å². The lowest BCUT2D eigenvalue weighted by molar-refractivity contribution is 0.106. The Morgan fingerprint density at radius 2 is 1.30 bits per heavy atom. The number of Topliss-reactive ketones (excluding diaryl/α,β-unsaturated/α-hetero) is 1. The number of para-hydroxylation sites is 1. The van der Waals surface area contributed by atoms with Crippen molar-refractivity contribution in [2.24, 2.45) is 5.10 Å². The highest BCUT2D eigenvalue weighted by atomic mass is 32.2. The first kappa shape index (κ1) is 18.5. The first-order valence-corrected chi connectivity index (χ1v) is 9.97. The summed E-state index contributed by atoms with van der Waals surface area (Å²) in [7, 11) is -3.71. The van der Waals surface area contributed by atoms with Crippen molar-refractivity contribution in [3.8, 4) is 0 Å². The second-order valence-corrected chi connectivity index (χ2v) is 7.79. The van der Waals surface area contributed by atoms with Gasteiger partial charge in [0.25, 0.3) is 0 Å². The van der Waals surface area contributed by atoms with Crippen LogP contribution < -0.4 is 5.43 Å². The van der Waals surface area contributed by atoms with Crippen LogP contribution in [0, 0.1) is 0 Å². The van der Waals surface area contributed by atoms with Crippen LogP contribution in [0.4, 0.5) is 5.69 Å². The summed E-state index contributed by atoms with van der Waals surface area (Å²) in [6.45, 7) is 0. The minimum absolute atomic E-state index is 0.0751. The fourth-order valence-corrected chi connectivity index (χ4v) is 3.73. The number of hydrogen-bond acceptors (Lipinski definition) is 5. The summed E-state index contributed by atoms with van der Waals surface area (Å²) in [5.41, 5.74) is 3.74. The lowest BCUT2D eigenvalue weighted by atomic mass is 10.1. The minimum Gasteiger partial charge on any atom is -0.287 e. The first-order chi connectivity index (χ1) is 13.1. The zero-order chi connectivity index (χ0) is 19.1. The van der Waals surface area contributed by atoms with Crippen molar-refractivity contribution in [1.82, 2.24) is 0 Å². The fourth-order valence-electron chi connectivity index (χ4n) is 2.44. The second-order valence-electron chi connectivity index (χ2n) is 5.80. The Labute approximate surface area is 158 Å². The molecule has 0 fully saturated rings. The summed E-state index contributed by atoms with van der Waals surface area (Å²) in [4.78, 5) is 13.0. The molecule has 0 aliphatic rings. The van der Waals surface area contributed by atoms with E-state index in [9.17, 15) is 13.2 Å². The molecule has 27 heavy (non-hydrogen) atoms. The van der Waals surface area contributed by atoms with E-state index in [-0.39, 0.29) is 10.6 Å². The average molecular weight is 378 g/mol. The number of ketones is 1. The normalized spacial score (nSPS) is 11.8. The Balaban J connectivity index is 1.93. The van der Waals surface area contributed by atoms with Gasteiger partial charge in [-0.25, -0.2) is 8.42 Å². The summed E-state index contributed by atoms with van der Waals surface area (Å²) < 4.78 is 25.5. The molecule has 0 aliphatic heterocycles. The van der Waals surface area contributed by atoms with E-state index < -0.39 is 21.4 Å². The van der Waals surface area contributed by atoms with Crippen molar-refractivity contribution in [1.29, 1.82) is 0 Å². The molecule has 0 bridgehead atoms. The first-order valence-electron chi connectivity index (χ1n) is 8.31. The van der Waals surface area contributed by atoms with E-state index in [1.54, 1.807) is 60.7 Å². The van der Waals surface area contributed by atoms with Gasteiger partial charge in [0.1, 0.15) is 11.5 Å². The van der Waals surface area contributed by atoms with Gasteiger partial charge in [0.15, 0.2) is 9.84 Å². The molecule has 0 spiro atoms. The molecule has 3 aromatic rings. The van der Waals surface area contributed by atoms with Gasteiger partial charge in [0, 0.05) is 5.56 Å². The maximum Gasteiger partial charge on any atom is 0.210 e. The summed E-state index contributed by atoms with van der Waals surface area (Å²) in [5.74, 6) is -0.927. The highest BCUT2D eigenvalue weighted by Crippen LogP contribution is 2.13. The van der Waals surface area contributed by atoms with Crippen molar-refractivity contribution >= 4 is 27.0 Å². The number of carbonyl (C=O) groups excluding carboxylic acids is 1. The van der Waals surface area contributed by atoms with E-state index >= 15 is 0 Å². The topological polar surface area (TPSA) is 75.6 Å². The number of nitrogens with one attached hydrogen (secondary N) is 1. The molecule has 5 nitrogen and oxygen atoms in total. The third-order valence-electron chi connectivity index (χ3n) is 3.82. The van der Waals surface area contributed by atoms with Crippen molar-refractivity contribution in [3.05, 3.63) is 96.6 Å². The summed E-state index contributed by atoms with van der Waals surface area (Å²) in [6.07, 6.45) is 0. The molecule has 0 radical (unpaired) electrons. The van der Waals surface area contributed by atoms with E-state index in [1.807, 2.05) is 18.2 Å². The highest BCUT2D eigenvalue weighted by Gasteiger charge is 2.23. The standard InChI is InChI=1S/C21H18N2O3S/c24-21(17-10-4-1-5-11-17)20(23-22-18-12-6-2-7-13-18)16-27(25,26)19-14-8-3-9-15-19/h1-15,22H,16H2/b23-20-. The zero-order valence-electron chi connectivity index (χ0n) is 14.4. The molecule has 0 atom stereocenters. The largest absolute Gasteiger partial charge is 0.287 e. The monoisotopic (exact) mass is 378 g/mol. The molecule has 0 unspecified atom stereocenters. The van der Waals surface area contributed by atoms with Gasteiger partial charge >= 0.3 is 0 Å². The number of benzene rings is 3. The van der Waals surface area contributed by atoms with Crippen LogP contribution in [0.2, 0.25) is 0 Å². The van der Waals surface area contributed by atoms with Gasteiger partial charge in [-0.2, -0.15) is 5.10 Å². The Kier molecular flexibility index (Phi) is 5.78. The van der Waals surface area contributed by atoms with E-state index in [4.69, 9.17) is 0 Å². The summed E-state index contributed by atoms with van der Waals surface area (Å²) >= 11 is 0. The van der Waals surface area contributed by atoms with Crippen LogP contribution in [0.3, 0.4) is 0 Å². The van der Waals surface area contributed by atoms with Crippen LogP contribution in [-0.2, 0) is 9.84 Å². The molecule has 136 valence electrons. The number of rotatable bonds is 7. The molecular formula is C21H18N2O3S. The van der Waals surface area contributed by atoms with E-state index in [1.165, 1.54) is 12.1 Å². The molecule has 0 amide bonds. The van der Waals surface area contributed by atoms with Gasteiger partial charge in [-0.3, -0.25) is 10.2 Å². The molecular weight excluding hydrogens is 360 g/mol. The Morgan fingerprint density at radius 3 is 1.89 bits per heavy atom. The Morgan fingerprint density at radius 1 is 0.778 bits per heavy atom. The van der Waals surface area contributed by atoms with E-state index in [0.717, 1.165) is 0 Å². The number of hydrazone groups is 1. The predicted molar refractivity (Wildman–Crippen MR) is 107 cm³/mol. The molecule has 0 aliphatic carbocycles. The highest BCUT2D eigenvalue weighted by molar-refractivity contribution is 7.92. The fraction of sp³-hybridized carbons (Fsp3) is 0.0476. The average Bonchev–Trinajstić information content (AvgIpc) is 2.72. The SMILES string of the molecule is O=C(/C(CS(=O)(=O)c1ccccc1)=N\Nc1ccccc1)c1ccccc1. The predicted octanol–water partition coefficient (Wildman–Crippen LogP) is 3.81. The Bertz CT molecular complexity index is 1030. The number of anilines is 1. The minimum atomic E-state index is -3.71. The Hall–Kier alpha value is -3.25. The summed E-state index contributed by atoms with van der Waals surface area (Å²) in [5, 5.41) is 4.12. The van der Waals surface area contributed by atoms with Crippen LogP contribution >= 0.6 is 0 Å². The third-order valence-corrected chi connectivity index (χ3v) is 5.46. The van der Waals surface area contributed by atoms with Gasteiger partial charge in [0.05, 0.1) is 10.6 Å². The van der Waals surface area contributed by atoms with Crippen LogP contribution in [0.5, 0.6) is 0 Å². The molecule has 6 heteroatoms. The number of nitrogens with zero attached hydrogens (tertiary/aromatic N) is 1. The molecule has 0 aromatic heterocycles. The van der Waals surface area contributed by atoms with Crippen LogP contribution in [0.1, 0.15) is 10.4 Å². The van der Waals surface area contributed by atoms with Gasteiger partial charge in [-0.15, -0.1) is 0 Å². The molecule has 3 rings (SSSR count). The van der Waals surface area contributed by atoms with Crippen LogP contribution in [0.15, 0.2) is 101 Å². The summed E-state index contributed by atoms with van der Waals surface area (Å²) in [6, 6.07) is 25.6. The number of carbonyl (C=O) groups is 1. The van der Waals surface area contributed by atoms with E-state index in [0.29, 0.717) is 11.3 Å². The van der Waals surface area contributed by atoms with Gasteiger partial charge in [0.2, 0.25) is 5.78 Å². The molecule has 0 heterocycles. The van der Waals surface area contributed by atoms with Crippen molar-refractivity contribution in [3.63, 3.8) is 0 Å². The smallest absolute Gasteiger partial charge is 0.210 e. The third kappa shape index (κ3) is 4.89. The lowest BCUT2D eigenvalue weighted by Gasteiger charge is -2.09. The van der Waals surface area contributed by atoms with Crippen molar-refractivity contribution in [2.75, 3.05) is 11.2 Å². The molecule has 1 N–H and O–H groups in total. The lowest BCUT2D eigenvalue weighted by Crippen LogP contribution is -2.25. The van der Waals surface area contributed by atoms with Gasteiger partial charge in [-0.05, 0) is 24.3 Å². The van der Waals surface area contributed by atoms with Crippen molar-refractivity contribution < 1.29 is 13.2 Å². The number of sulfone groups is 1. The quantitative estimate of drug-likeness (QED) is 0.385. The molecule has 3 aromatic carbocycles. The second kappa shape index (κ2) is 8.42. The number of hydrogen-bond donors (Lipinski definition) is 1. The van der Waals surface area contributed by atoms with Crippen LogP contribution in [0.25, 0.3) is 0 Å². The van der Waals surface area contributed by atoms with Gasteiger partial charge < -0.3 is 0 Å². The zero-order valence-corrected chi connectivity index (χ0v) is 15.3. The maximum atomic E-state index is 12.8. The maximum absolute atomic E-state index is 12.8. The van der Waals surface area contributed by atoms with Gasteiger partial charge in [-0.1, -0.05) is 66.7 Å². The molecule has 0 saturated heterocycles. The van der Waals surface area contributed by atoms with Crippen molar-refractivity contribution in [2.45, 2.75) is 4.90 Å². The van der Waals surface area contributed by atoms with E-state index in [2.05, 4.69) is 10.5 Å².